The number of thiazole rings is 1. The molecule has 0 aromatic carbocycles. The number of pyridine rings is 1. The molecule has 1 aliphatic heterocycles. The van der Waals surface area contributed by atoms with Gasteiger partial charge in [0.05, 0.1) is 5.69 Å². The van der Waals surface area contributed by atoms with E-state index >= 15 is 0 Å². The summed E-state index contributed by atoms with van der Waals surface area (Å²) in [5.74, 6) is 0. The summed E-state index contributed by atoms with van der Waals surface area (Å²) in [5, 5.41) is 6.58. The number of rotatable bonds is 3. The van der Waals surface area contributed by atoms with E-state index in [-0.39, 0.29) is 0 Å². The molecule has 1 N–H and O–H groups in total. The van der Waals surface area contributed by atoms with E-state index in [0.29, 0.717) is 0 Å². The van der Waals surface area contributed by atoms with Gasteiger partial charge in [-0.05, 0) is 12.1 Å². The number of aromatic nitrogens is 2. The van der Waals surface area contributed by atoms with Crippen molar-refractivity contribution in [2.24, 2.45) is 0 Å². The van der Waals surface area contributed by atoms with Gasteiger partial charge < -0.3 is 5.32 Å². The second-order valence-corrected chi connectivity index (χ2v) is 5.27. The van der Waals surface area contributed by atoms with Crippen LogP contribution in [0.2, 0.25) is 0 Å². The van der Waals surface area contributed by atoms with Gasteiger partial charge in [0.1, 0.15) is 5.01 Å². The number of nitrogens with one attached hydrogen (secondary N) is 1. The molecule has 0 amide bonds. The highest BCUT2D eigenvalue weighted by molar-refractivity contribution is 7.13. The van der Waals surface area contributed by atoms with Crippen LogP contribution in [-0.4, -0.2) is 41.0 Å². The maximum atomic E-state index is 4.69. The molecule has 0 spiro atoms. The number of piperazine rings is 1. The Morgan fingerprint density at radius 2 is 2.22 bits per heavy atom. The molecule has 1 saturated heterocycles. The van der Waals surface area contributed by atoms with E-state index in [1.54, 1.807) is 17.5 Å². The van der Waals surface area contributed by atoms with Gasteiger partial charge in [0.2, 0.25) is 0 Å². The summed E-state index contributed by atoms with van der Waals surface area (Å²) >= 11 is 1.70. The highest BCUT2D eigenvalue weighted by Gasteiger charge is 2.12. The fourth-order valence-electron chi connectivity index (χ4n) is 2.10. The van der Waals surface area contributed by atoms with Crippen LogP contribution in [0.25, 0.3) is 10.6 Å². The molecule has 3 heterocycles. The zero-order valence-corrected chi connectivity index (χ0v) is 11.0. The average Bonchev–Trinajstić information content (AvgIpc) is 2.89. The minimum absolute atomic E-state index is 0.957. The molecule has 3 rings (SSSR count). The summed E-state index contributed by atoms with van der Waals surface area (Å²) in [6, 6.07) is 4.01. The minimum atomic E-state index is 0.957. The lowest BCUT2D eigenvalue weighted by molar-refractivity contribution is 0.231. The van der Waals surface area contributed by atoms with Crippen LogP contribution in [0.4, 0.5) is 0 Å². The summed E-state index contributed by atoms with van der Waals surface area (Å²) < 4.78 is 0. The smallest absolute Gasteiger partial charge is 0.125 e. The van der Waals surface area contributed by atoms with Gasteiger partial charge in [0.25, 0.3) is 0 Å². The lowest BCUT2D eigenvalue weighted by Crippen LogP contribution is -2.42. The van der Waals surface area contributed by atoms with E-state index in [4.69, 9.17) is 4.98 Å². The van der Waals surface area contributed by atoms with Crippen LogP contribution in [0, 0.1) is 0 Å². The molecule has 4 nitrogen and oxygen atoms in total. The van der Waals surface area contributed by atoms with E-state index in [1.807, 2.05) is 12.3 Å². The molecule has 0 aliphatic carbocycles. The van der Waals surface area contributed by atoms with Crippen LogP contribution < -0.4 is 5.32 Å². The zero-order valence-electron chi connectivity index (χ0n) is 10.2. The molecule has 94 valence electrons. The summed E-state index contributed by atoms with van der Waals surface area (Å²) in [7, 11) is 0. The highest BCUT2D eigenvalue weighted by Crippen LogP contribution is 2.23. The Kier molecular flexibility index (Phi) is 3.64. The molecular formula is C13H16N4S. The van der Waals surface area contributed by atoms with E-state index in [9.17, 15) is 0 Å². The molecule has 0 radical (unpaired) electrons. The molecular weight excluding hydrogens is 244 g/mol. The summed E-state index contributed by atoms with van der Waals surface area (Å²) in [5.41, 5.74) is 2.27. The third-order valence-corrected chi connectivity index (χ3v) is 4.00. The van der Waals surface area contributed by atoms with Gasteiger partial charge in [-0.15, -0.1) is 11.3 Å². The fraction of sp³-hybridized carbons (Fsp3) is 0.385. The number of nitrogens with zero attached hydrogens (tertiary/aromatic N) is 3. The predicted octanol–water partition coefficient (Wildman–Crippen LogP) is 1.61. The largest absolute Gasteiger partial charge is 0.314 e. The van der Waals surface area contributed by atoms with Gasteiger partial charge in [-0.3, -0.25) is 9.88 Å². The standard InChI is InChI=1S/C13H16N4S/c1-2-11(8-15-3-1)13-16-12(10-18-13)9-17-6-4-14-5-7-17/h1-3,8,10,14H,4-7,9H2. The van der Waals surface area contributed by atoms with Crippen molar-refractivity contribution in [3.63, 3.8) is 0 Å². The first-order valence-electron chi connectivity index (χ1n) is 6.20. The Bertz CT molecular complexity index is 491. The van der Waals surface area contributed by atoms with Crippen LogP contribution >= 0.6 is 11.3 Å². The van der Waals surface area contributed by atoms with Crippen LogP contribution in [0.3, 0.4) is 0 Å². The zero-order chi connectivity index (χ0) is 12.2. The van der Waals surface area contributed by atoms with Crippen molar-refractivity contribution in [1.29, 1.82) is 0 Å². The lowest BCUT2D eigenvalue weighted by Gasteiger charge is -2.26. The van der Waals surface area contributed by atoms with Crippen molar-refractivity contribution in [3.05, 3.63) is 35.6 Å². The second-order valence-electron chi connectivity index (χ2n) is 4.41. The van der Waals surface area contributed by atoms with Gasteiger partial charge in [0.15, 0.2) is 0 Å². The van der Waals surface area contributed by atoms with E-state index in [2.05, 4.69) is 26.6 Å². The van der Waals surface area contributed by atoms with E-state index < -0.39 is 0 Å². The van der Waals surface area contributed by atoms with Gasteiger partial charge in [-0.1, -0.05) is 0 Å². The average molecular weight is 260 g/mol. The van der Waals surface area contributed by atoms with Gasteiger partial charge >= 0.3 is 0 Å². The van der Waals surface area contributed by atoms with E-state index in [0.717, 1.165) is 43.3 Å². The Morgan fingerprint density at radius 1 is 1.33 bits per heavy atom. The lowest BCUT2D eigenvalue weighted by atomic mass is 10.3. The monoisotopic (exact) mass is 260 g/mol. The fourth-order valence-corrected chi connectivity index (χ4v) is 2.90. The normalized spacial score (nSPS) is 16.9. The summed E-state index contributed by atoms with van der Waals surface area (Å²) in [6.45, 7) is 5.34. The number of hydrogen-bond donors (Lipinski definition) is 1. The summed E-state index contributed by atoms with van der Waals surface area (Å²) in [4.78, 5) is 11.3. The molecule has 18 heavy (non-hydrogen) atoms. The first-order chi connectivity index (χ1) is 8.92. The maximum Gasteiger partial charge on any atom is 0.125 e. The van der Waals surface area contributed by atoms with Crippen LogP contribution in [-0.2, 0) is 6.54 Å². The summed E-state index contributed by atoms with van der Waals surface area (Å²) in [6.07, 6.45) is 3.66. The van der Waals surface area contributed by atoms with Crippen molar-refractivity contribution in [1.82, 2.24) is 20.2 Å². The Balaban J connectivity index is 1.69. The molecule has 0 saturated carbocycles. The van der Waals surface area contributed by atoms with Crippen molar-refractivity contribution >= 4 is 11.3 Å². The van der Waals surface area contributed by atoms with Crippen molar-refractivity contribution in [2.45, 2.75) is 6.54 Å². The van der Waals surface area contributed by atoms with Crippen LogP contribution in [0.5, 0.6) is 0 Å². The number of hydrogen-bond acceptors (Lipinski definition) is 5. The van der Waals surface area contributed by atoms with Crippen molar-refractivity contribution < 1.29 is 0 Å². The molecule has 1 fully saturated rings. The van der Waals surface area contributed by atoms with Gasteiger partial charge in [-0.2, -0.15) is 0 Å². The minimum Gasteiger partial charge on any atom is -0.314 e. The molecule has 0 bridgehead atoms. The first kappa shape index (κ1) is 11.8. The molecule has 2 aromatic rings. The third kappa shape index (κ3) is 2.75. The topological polar surface area (TPSA) is 41.1 Å². The molecule has 1 aliphatic rings. The Morgan fingerprint density at radius 3 is 3.00 bits per heavy atom. The predicted molar refractivity (Wildman–Crippen MR) is 73.5 cm³/mol. The van der Waals surface area contributed by atoms with Crippen molar-refractivity contribution in [2.75, 3.05) is 26.2 Å². The Labute approximate surface area is 111 Å². The third-order valence-electron chi connectivity index (χ3n) is 3.06. The first-order valence-corrected chi connectivity index (χ1v) is 7.08. The molecule has 5 heteroatoms. The second kappa shape index (κ2) is 5.56. The van der Waals surface area contributed by atoms with Gasteiger partial charge in [0, 0.05) is 56.1 Å². The molecule has 0 atom stereocenters. The van der Waals surface area contributed by atoms with Crippen LogP contribution in [0.15, 0.2) is 29.9 Å². The maximum absolute atomic E-state index is 4.69. The Hall–Kier alpha value is -1.30. The van der Waals surface area contributed by atoms with Crippen LogP contribution in [0.1, 0.15) is 5.69 Å². The molecule has 0 unspecified atom stereocenters. The highest BCUT2D eigenvalue weighted by atomic mass is 32.1. The van der Waals surface area contributed by atoms with Crippen molar-refractivity contribution in [3.8, 4) is 10.6 Å². The SMILES string of the molecule is c1cncc(-c2nc(CN3CCNCC3)cs2)c1. The van der Waals surface area contributed by atoms with Gasteiger partial charge in [-0.25, -0.2) is 4.98 Å². The quantitative estimate of drug-likeness (QED) is 0.910. The molecule has 2 aromatic heterocycles. The van der Waals surface area contributed by atoms with E-state index in [1.165, 1.54) is 5.69 Å².